The monoisotopic (exact) mass is 340 g/mol. The average Bonchev–Trinajstić information content (AvgIpc) is 3.03. The van der Waals surface area contributed by atoms with Crippen LogP contribution in [-0.2, 0) is 21.4 Å². The van der Waals surface area contributed by atoms with Gasteiger partial charge in [0.2, 0.25) is 15.9 Å². The van der Waals surface area contributed by atoms with Gasteiger partial charge in [0.05, 0.1) is 17.7 Å². The summed E-state index contributed by atoms with van der Waals surface area (Å²) in [6.07, 6.45) is 2.06. The van der Waals surface area contributed by atoms with E-state index in [1.54, 1.807) is 12.1 Å². The van der Waals surface area contributed by atoms with Gasteiger partial charge in [-0.2, -0.15) is 0 Å². The molecular weight excluding hydrogens is 323 g/mol. The fraction of sp³-hybridized carbons (Fsp3) is 0.267. The molecule has 0 saturated heterocycles. The molecule has 0 bridgehead atoms. The number of carbonyl (C=O) groups is 1. The fourth-order valence-electron chi connectivity index (χ4n) is 1.84. The standard InChI is InChI=1S/C15H17FN2O4S/c16-12-5-7-14(8-6-12)23(20,21)18-9-1-4-15(19)17-11-13-3-2-10-22-13/h2-3,5-8,10,18H,1,4,9,11H2,(H,17,19). The number of furan rings is 1. The molecule has 6 nitrogen and oxygen atoms in total. The number of hydrogen-bond donors (Lipinski definition) is 2. The van der Waals surface area contributed by atoms with Gasteiger partial charge in [0, 0.05) is 13.0 Å². The molecular formula is C15H17FN2O4S. The van der Waals surface area contributed by atoms with E-state index in [9.17, 15) is 17.6 Å². The maximum absolute atomic E-state index is 12.8. The summed E-state index contributed by atoms with van der Waals surface area (Å²) in [5, 5.41) is 2.67. The third kappa shape index (κ3) is 5.50. The molecule has 0 aliphatic carbocycles. The number of amides is 1. The molecule has 0 atom stereocenters. The van der Waals surface area contributed by atoms with E-state index in [-0.39, 0.29) is 23.8 Å². The largest absolute Gasteiger partial charge is 0.467 e. The van der Waals surface area contributed by atoms with Crippen LogP contribution in [0.25, 0.3) is 0 Å². The highest BCUT2D eigenvalue weighted by atomic mass is 32.2. The molecule has 0 unspecified atom stereocenters. The minimum atomic E-state index is -3.69. The van der Waals surface area contributed by atoms with Crippen molar-refractivity contribution in [3.8, 4) is 0 Å². The van der Waals surface area contributed by atoms with E-state index in [2.05, 4.69) is 10.0 Å². The summed E-state index contributed by atoms with van der Waals surface area (Å²) >= 11 is 0. The van der Waals surface area contributed by atoms with E-state index in [1.807, 2.05) is 0 Å². The molecule has 1 heterocycles. The summed E-state index contributed by atoms with van der Waals surface area (Å²) in [7, 11) is -3.69. The normalized spacial score (nSPS) is 11.3. The summed E-state index contributed by atoms with van der Waals surface area (Å²) in [5.74, 6) is -0.0464. The Kier molecular flexibility index (Phi) is 5.89. The van der Waals surface area contributed by atoms with Crippen molar-refractivity contribution in [1.29, 1.82) is 0 Å². The second kappa shape index (κ2) is 7.89. The van der Waals surface area contributed by atoms with Crippen LogP contribution in [0.1, 0.15) is 18.6 Å². The van der Waals surface area contributed by atoms with Crippen molar-refractivity contribution < 1.29 is 22.0 Å². The van der Waals surface area contributed by atoms with Crippen LogP contribution >= 0.6 is 0 Å². The van der Waals surface area contributed by atoms with Crippen molar-refractivity contribution in [3.63, 3.8) is 0 Å². The van der Waals surface area contributed by atoms with Crippen molar-refractivity contribution in [3.05, 3.63) is 54.2 Å². The molecule has 0 spiro atoms. The summed E-state index contributed by atoms with van der Waals surface area (Å²) < 4.78 is 44.1. The second-order valence-electron chi connectivity index (χ2n) is 4.81. The summed E-state index contributed by atoms with van der Waals surface area (Å²) in [6, 6.07) is 8.01. The zero-order valence-electron chi connectivity index (χ0n) is 12.3. The van der Waals surface area contributed by atoms with Crippen molar-refractivity contribution in [2.75, 3.05) is 6.54 Å². The van der Waals surface area contributed by atoms with Gasteiger partial charge in [0.1, 0.15) is 11.6 Å². The average molecular weight is 340 g/mol. The number of halogens is 1. The fourth-order valence-corrected chi connectivity index (χ4v) is 2.91. The zero-order valence-corrected chi connectivity index (χ0v) is 13.1. The van der Waals surface area contributed by atoms with Gasteiger partial charge < -0.3 is 9.73 Å². The second-order valence-corrected chi connectivity index (χ2v) is 6.58. The Hall–Kier alpha value is -2.19. The quantitative estimate of drug-likeness (QED) is 0.717. The van der Waals surface area contributed by atoms with Gasteiger partial charge in [0.25, 0.3) is 0 Å². The Morgan fingerprint density at radius 2 is 1.91 bits per heavy atom. The third-order valence-electron chi connectivity index (χ3n) is 3.04. The van der Waals surface area contributed by atoms with Crippen LogP contribution in [0.5, 0.6) is 0 Å². The first-order valence-electron chi connectivity index (χ1n) is 7.02. The van der Waals surface area contributed by atoms with Crippen molar-refractivity contribution >= 4 is 15.9 Å². The van der Waals surface area contributed by atoms with Crippen LogP contribution < -0.4 is 10.0 Å². The molecule has 0 aliphatic rings. The lowest BCUT2D eigenvalue weighted by atomic mass is 10.3. The lowest BCUT2D eigenvalue weighted by Gasteiger charge is -2.07. The SMILES string of the molecule is O=C(CCCNS(=O)(=O)c1ccc(F)cc1)NCc1ccco1. The van der Waals surface area contributed by atoms with E-state index in [0.717, 1.165) is 12.1 Å². The van der Waals surface area contributed by atoms with Gasteiger partial charge in [-0.25, -0.2) is 17.5 Å². The van der Waals surface area contributed by atoms with Gasteiger partial charge in [-0.05, 0) is 42.8 Å². The van der Waals surface area contributed by atoms with Crippen molar-refractivity contribution in [1.82, 2.24) is 10.0 Å². The summed E-state index contributed by atoms with van der Waals surface area (Å²) in [4.78, 5) is 11.6. The van der Waals surface area contributed by atoms with Gasteiger partial charge in [-0.1, -0.05) is 0 Å². The third-order valence-corrected chi connectivity index (χ3v) is 4.51. The number of hydrogen-bond acceptors (Lipinski definition) is 4. The number of sulfonamides is 1. The topological polar surface area (TPSA) is 88.4 Å². The smallest absolute Gasteiger partial charge is 0.240 e. The van der Waals surface area contributed by atoms with Crippen LogP contribution in [0.4, 0.5) is 4.39 Å². The predicted octanol–water partition coefficient (Wildman–Crippen LogP) is 1.79. The molecule has 0 fully saturated rings. The Labute approximate surface area is 133 Å². The molecule has 0 saturated carbocycles. The summed E-state index contributed by atoms with van der Waals surface area (Å²) in [6.45, 7) is 0.418. The van der Waals surface area contributed by atoms with Gasteiger partial charge in [0.15, 0.2) is 0 Å². The summed E-state index contributed by atoms with van der Waals surface area (Å²) in [5.41, 5.74) is 0. The maximum Gasteiger partial charge on any atom is 0.240 e. The highest BCUT2D eigenvalue weighted by Crippen LogP contribution is 2.09. The maximum atomic E-state index is 12.8. The molecule has 2 rings (SSSR count). The highest BCUT2D eigenvalue weighted by molar-refractivity contribution is 7.89. The molecule has 2 aromatic rings. The molecule has 1 amide bonds. The Balaban J connectivity index is 1.70. The minimum Gasteiger partial charge on any atom is -0.467 e. The van der Waals surface area contributed by atoms with Gasteiger partial charge in [-0.15, -0.1) is 0 Å². The van der Waals surface area contributed by atoms with E-state index >= 15 is 0 Å². The zero-order chi connectivity index (χ0) is 16.7. The Morgan fingerprint density at radius 1 is 1.17 bits per heavy atom. The van der Waals surface area contributed by atoms with Gasteiger partial charge >= 0.3 is 0 Å². The van der Waals surface area contributed by atoms with Crippen LogP contribution in [0.2, 0.25) is 0 Å². The Morgan fingerprint density at radius 3 is 2.57 bits per heavy atom. The molecule has 124 valence electrons. The van der Waals surface area contributed by atoms with Gasteiger partial charge in [-0.3, -0.25) is 4.79 Å². The van der Waals surface area contributed by atoms with E-state index in [4.69, 9.17) is 4.42 Å². The van der Waals surface area contributed by atoms with Crippen LogP contribution in [-0.4, -0.2) is 20.9 Å². The molecule has 0 aliphatic heterocycles. The lowest BCUT2D eigenvalue weighted by Crippen LogP contribution is -2.27. The molecule has 0 radical (unpaired) electrons. The van der Waals surface area contributed by atoms with E-state index in [1.165, 1.54) is 18.4 Å². The first-order valence-corrected chi connectivity index (χ1v) is 8.50. The van der Waals surface area contributed by atoms with E-state index < -0.39 is 15.8 Å². The number of carbonyl (C=O) groups excluding carboxylic acids is 1. The van der Waals surface area contributed by atoms with E-state index in [0.29, 0.717) is 18.7 Å². The predicted molar refractivity (Wildman–Crippen MR) is 81.4 cm³/mol. The highest BCUT2D eigenvalue weighted by Gasteiger charge is 2.13. The number of rotatable bonds is 8. The molecule has 2 N–H and O–H groups in total. The Bertz CT molecular complexity index is 727. The van der Waals surface area contributed by atoms with Crippen LogP contribution in [0.3, 0.4) is 0 Å². The molecule has 23 heavy (non-hydrogen) atoms. The molecule has 1 aromatic heterocycles. The lowest BCUT2D eigenvalue weighted by molar-refractivity contribution is -0.121. The molecule has 1 aromatic carbocycles. The van der Waals surface area contributed by atoms with Crippen molar-refractivity contribution in [2.45, 2.75) is 24.3 Å². The minimum absolute atomic E-state index is 0.0128. The molecule has 8 heteroatoms. The van der Waals surface area contributed by atoms with Crippen LogP contribution in [0, 0.1) is 5.82 Å². The van der Waals surface area contributed by atoms with Crippen LogP contribution in [0.15, 0.2) is 52.0 Å². The first kappa shape index (κ1) is 17.2. The van der Waals surface area contributed by atoms with Crippen molar-refractivity contribution in [2.24, 2.45) is 0 Å². The number of nitrogens with one attached hydrogen (secondary N) is 2. The number of benzene rings is 1. The first-order chi connectivity index (χ1) is 11.0.